The quantitative estimate of drug-likeness (QED) is 0.407. The summed E-state index contributed by atoms with van der Waals surface area (Å²) in [5.74, 6) is 4.16. The third kappa shape index (κ3) is 1.48. The van der Waals surface area contributed by atoms with E-state index in [2.05, 4.69) is 15.4 Å². The Morgan fingerprint density at radius 1 is 1.75 bits per heavy atom. The van der Waals surface area contributed by atoms with Crippen LogP contribution in [0.2, 0.25) is 0 Å². The van der Waals surface area contributed by atoms with E-state index in [1.54, 1.807) is 6.92 Å². The summed E-state index contributed by atoms with van der Waals surface area (Å²) < 4.78 is 0. The lowest BCUT2D eigenvalue weighted by atomic mass is 10.3. The number of carbonyl (C=O) groups is 1. The SMILES string of the molecule is Cc1ncc(C(=O)[O-])c(NN)n1. The molecular formula is C6H7N4O2-. The van der Waals surface area contributed by atoms with Crippen molar-refractivity contribution in [1.82, 2.24) is 9.97 Å². The predicted molar refractivity (Wildman–Crippen MR) is 38.9 cm³/mol. The molecule has 0 bridgehead atoms. The summed E-state index contributed by atoms with van der Waals surface area (Å²) in [7, 11) is 0. The highest BCUT2D eigenvalue weighted by Gasteiger charge is 2.03. The van der Waals surface area contributed by atoms with Crippen LogP contribution in [0.25, 0.3) is 0 Å². The molecule has 0 amide bonds. The number of aromatic nitrogens is 2. The molecule has 6 heteroatoms. The van der Waals surface area contributed by atoms with Gasteiger partial charge >= 0.3 is 0 Å². The number of rotatable bonds is 2. The van der Waals surface area contributed by atoms with Gasteiger partial charge in [0.25, 0.3) is 0 Å². The fourth-order valence-electron chi connectivity index (χ4n) is 0.729. The van der Waals surface area contributed by atoms with E-state index in [0.717, 1.165) is 6.20 Å². The van der Waals surface area contributed by atoms with Gasteiger partial charge in [0.05, 0.1) is 11.5 Å². The minimum Gasteiger partial charge on any atom is -0.545 e. The second kappa shape index (κ2) is 3.14. The molecule has 0 fully saturated rings. The van der Waals surface area contributed by atoms with E-state index in [9.17, 15) is 9.90 Å². The third-order valence-corrected chi connectivity index (χ3v) is 1.27. The van der Waals surface area contributed by atoms with Crippen LogP contribution in [0.3, 0.4) is 0 Å². The van der Waals surface area contributed by atoms with Gasteiger partial charge in [0.1, 0.15) is 5.82 Å². The molecule has 0 atom stereocenters. The van der Waals surface area contributed by atoms with Crippen LogP contribution in [0.5, 0.6) is 0 Å². The lowest BCUT2D eigenvalue weighted by Gasteiger charge is -2.07. The first-order valence-corrected chi connectivity index (χ1v) is 3.16. The molecule has 0 aliphatic rings. The number of hydrogen-bond donors (Lipinski definition) is 2. The second-order valence-corrected chi connectivity index (χ2v) is 2.11. The van der Waals surface area contributed by atoms with Crippen molar-refractivity contribution in [2.45, 2.75) is 6.92 Å². The average molecular weight is 167 g/mol. The number of aromatic carboxylic acids is 1. The summed E-state index contributed by atoms with van der Waals surface area (Å²) in [6.07, 6.45) is 1.15. The molecule has 0 aliphatic heterocycles. The van der Waals surface area contributed by atoms with Crippen LogP contribution in [-0.2, 0) is 0 Å². The Balaban J connectivity index is 3.20. The first-order chi connectivity index (χ1) is 5.65. The highest BCUT2D eigenvalue weighted by atomic mass is 16.4. The Labute approximate surface area is 68.4 Å². The van der Waals surface area contributed by atoms with Gasteiger partial charge in [-0.15, -0.1) is 0 Å². The average Bonchev–Trinajstić information content (AvgIpc) is 2.03. The summed E-state index contributed by atoms with van der Waals surface area (Å²) in [6.45, 7) is 1.62. The van der Waals surface area contributed by atoms with Crippen LogP contribution >= 0.6 is 0 Å². The maximum absolute atomic E-state index is 10.4. The number of carboxylic acid groups (broad SMARTS) is 1. The van der Waals surface area contributed by atoms with E-state index in [-0.39, 0.29) is 11.4 Å². The van der Waals surface area contributed by atoms with Crippen molar-refractivity contribution in [2.75, 3.05) is 5.43 Å². The minimum absolute atomic E-state index is 0.0579. The van der Waals surface area contributed by atoms with Gasteiger partial charge in [-0.2, -0.15) is 0 Å². The number of anilines is 1. The maximum atomic E-state index is 10.4. The molecule has 64 valence electrons. The molecule has 1 rings (SSSR count). The van der Waals surface area contributed by atoms with Gasteiger partial charge in [-0.3, -0.25) is 0 Å². The smallest absolute Gasteiger partial charge is 0.152 e. The van der Waals surface area contributed by atoms with Crippen LogP contribution in [-0.4, -0.2) is 15.9 Å². The second-order valence-electron chi connectivity index (χ2n) is 2.11. The van der Waals surface area contributed by atoms with Gasteiger partial charge in [0, 0.05) is 6.20 Å². The summed E-state index contributed by atoms with van der Waals surface area (Å²) in [5, 5.41) is 10.4. The predicted octanol–water partition coefficient (Wildman–Crippen LogP) is -1.57. The van der Waals surface area contributed by atoms with Crippen LogP contribution in [0.1, 0.15) is 16.2 Å². The largest absolute Gasteiger partial charge is 0.545 e. The van der Waals surface area contributed by atoms with E-state index >= 15 is 0 Å². The Hall–Kier alpha value is -1.69. The highest BCUT2D eigenvalue weighted by molar-refractivity contribution is 5.90. The molecule has 0 spiro atoms. The number of nitrogens with two attached hydrogens (primary N) is 1. The van der Waals surface area contributed by atoms with Crippen LogP contribution in [0, 0.1) is 6.92 Å². The van der Waals surface area contributed by atoms with Crippen molar-refractivity contribution >= 4 is 11.8 Å². The van der Waals surface area contributed by atoms with Gasteiger partial charge in [-0.1, -0.05) is 0 Å². The van der Waals surface area contributed by atoms with Crippen LogP contribution in [0.15, 0.2) is 6.20 Å². The number of nitrogens with zero attached hydrogens (tertiary/aromatic N) is 2. The molecule has 0 aliphatic carbocycles. The number of nitrogens with one attached hydrogen (secondary N) is 1. The topological polar surface area (TPSA) is 104 Å². The van der Waals surface area contributed by atoms with E-state index in [1.807, 2.05) is 0 Å². The molecule has 0 radical (unpaired) electrons. The Morgan fingerprint density at radius 3 is 2.92 bits per heavy atom. The van der Waals surface area contributed by atoms with Gasteiger partial charge in [-0.05, 0) is 6.92 Å². The highest BCUT2D eigenvalue weighted by Crippen LogP contribution is 2.07. The monoisotopic (exact) mass is 167 g/mol. The Bertz CT molecular complexity index is 312. The molecule has 6 nitrogen and oxygen atoms in total. The zero-order valence-corrected chi connectivity index (χ0v) is 6.37. The Kier molecular flexibility index (Phi) is 2.20. The molecule has 1 aromatic rings. The van der Waals surface area contributed by atoms with E-state index in [4.69, 9.17) is 5.84 Å². The standard InChI is InChI=1S/C6H8N4O2/c1-3-8-2-4(6(11)12)5(9-3)10-7/h2H,7H2,1H3,(H,11,12)(H,8,9,10)/p-1. The van der Waals surface area contributed by atoms with Gasteiger partial charge < -0.3 is 15.3 Å². The van der Waals surface area contributed by atoms with Crippen LogP contribution < -0.4 is 16.4 Å². The number of aryl methyl sites for hydroxylation is 1. The van der Waals surface area contributed by atoms with Crippen LogP contribution in [0.4, 0.5) is 5.82 Å². The molecule has 0 saturated heterocycles. The fraction of sp³-hybridized carbons (Fsp3) is 0.167. The van der Waals surface area contributed by atoms with Crippen molar-refractivity contribution in [2.24, 2.45) is 5.84 Å². The Morgan fingerprint density at radius 2 is 2.42 bits per heavy atom. The first-order valence-electron chi connectivity index (χ1n) is 3.16. The zero-order valence-electron chi connectivity index (χ0n) is 6.37. The number of nitrogen functional groups attached to an aromatic ring is 1. The summed E-state index contributed by atoms with van der Waals surface area (Å²) in [4.78, 5) is 17.8. The van der Waals surface area contributed by atoms with Crippen molar-refractivity contribution in [1.29, 1.82) is 0 Å². The molecule has 12 heavy (non-hydrogen) atoms. The first kappa shape index (κ1) is 8.41. The molecule has 3 N–H and O–H groups in total. The van der Waals surface area contributed by atoms with Gasteiger partial charge in [0.2, 0.25) is 0 Å². The lowest BCUT2D eigenvalue weighted by molar-refractivity contribution is -0.255. The summed E-state index contributed by atoms with van der Waals surface area (Å²) in [5.41, 5.74) is 2.00. The van der Waals surface area contributed by atoms with Gasteiger partial charge in [-0.25, -0.2) is 15.8 Å². The fourth-order valence-corrected chi connectivity index (χ4v) is 0.729. The molecule has 1 aromatic heterocycles. The summed E-state index contributed by atoms with van der Waals surface area (Å²) >= 11 is 0. The number of hydrazine groups is 1. The lowest BCUT2D eigenvalue weighted by Crippen LogP contribution is -2.26. The van der Waals surface area contributed by atoms with E-state index < -0.39 is 5.97 Å². The van der Waals surface area contributed by atoms with Crippen molar-refractivity contribution in [3.05, 3.63) is 17.6 Å². The van der Waals surface area contributed by atoms with Gasteiger partial charge in [0.15, 0.2) is 5.82 Å². The molecule has 0 aromatic carbocycles. The normalized spacial score (nSPS) is 9.50. The molecule has 1 heterocycles. The van der Waals surface area contributed by atoms with E-state index in [1.165, 1.54) is 0 Å². The van der Waals surface area contributed by atoms with E-state index in [0.29, 0.717) is 5.82 Å². The molecule has 0 unspecified atom stereocenters. The third-order valence-electron chi connectivity index (χ3n) is 1.27. The molecule has 0 saturated carbocycles. The van der Waals surface area contributed by atoms with Crippen molar-refractivity contribution in [3.63, 3.8) is 0 Å². The minimum atomic E-state index is -1.36. The number of hydrogen-bond acceptors (Lipinski definition) is 6. The maximum Gasteiger partial charge on any atom is 0.152 e. The number of carbonyl (C=O) groups excluding carboxylic acids is 1. The van der Waals surface area contributed by atoms with Crippen molar-refractivity contribution < 1.29 is 9.90 Å². The molecular weight excluding hydrogens is 160 g/mol. The van der Waals surface area contributed by atoms with Crippen molar-refractivity contribution in [3.8, 4) is 0 Å². The summed E-state index contributed by atoms with van der Waals surface area (Å²) in [6, 6.07) is 0. The zero-order chi connectivity index (χ0) is 9.14. The number of carboxylic acids is 1.